The smallest absolute Gasteiger partial charge is 0.0931 e. The fourth-order valence-electron chi connectivity index (χ4n) is 2.18. The molecular formula is C9H17NOS. The first-order valence-corrected chi connectivity index (χ1v) is 5.67. The van der Waals surface area contributed by atoms with E-state index in [0.29, 0.717) is 4.87 Å². The zero-order valence-corrected chi connectivity index (χ0v) is 8.69. The Bertz CT molecular complexity index is 176. The second kappa shape index (κ2) is 3.20. The first kappa shape index (κ1) is 8.85. The number of hydrogen-bond acceptors (Lipinski definition) is 3. The Morgan fingerprint density at radius 3 is 3.00 bits per heavy atom. The summed E-state index contributed by atoms with van der Waals surface area (Å²) in [6.07, 6.45) is 1.22. The van der Waals surface area contributed by atoms with Gasteiger partial charge in [0.25, 0.3) is 0 Å². The van der Waals surface area contributed by atoms with Crippen molar-refractivity contribution >= 4 is 11.8 Å². The first-order chi connectivity index (χ1) is 5.76. The lowest BCUT2D eigenvalue weighted by atomic mass is 9.95. The van der Waals surface area contributed by atoms with Crippen LogP contribution >= 0.6 is 11.8 Å². The van der Waals surface area contributed by atoms with Crippen molar-refractivity contribution in [2.24, 2.45) is 5.92 Å². The van der Waals surface area contributed by atoms with Crippen molar-refractivity contribution in [1.82, 2.24) is 4.90 Å². The fraction of sp³-hybridized carbons (Fsp3) is 1.00. The molecule has 2 nitrogen and oxygen atoms in total. The van der Waals surface area contributed by atoms with Crippen LogP contribution in [0.15, 0.2) is 0 Å². The van der Waals surface area contributed by atoms with E-state index in [0.717, 1.165) is 19.1 Å². The van der Waals surface area contributed by atoms with Gasteiger partial charge in [0.1, 0.15) is 0 Å². The minimum atomic E-state index is 0.318. The summed E-state index contributed by atoms with van der Waals surface area (Å²) in [7, 11) is 2.23. The van der Waals surface area contributed by atoms with Gasteiger partial charge < -0.3 is 4.74 Å². The molecule has 2 heterocycles. The highest BCUT2D eigenvalue weighted by atomic mass is 32.2. The molecule has 12 heavy (non-hydrogen) atoms. The normalized spacial score (nSPS) is 44.0. The lowest BCUT2D eigenvalue weighted by Crippen LogP contribution is -2.51. The lowest BCUT2D eigenvalue weighted by Gasteiger charge is -2.43. The average Bonchev–Trinajstić information content (AvgIpc) is 2.41. The highest BCUT2D eigenvalue weighted by molar-refractivity contribution is 8.00. The molecule has 2 unspecified atom stereocenters. The van der Waals surface area contributed by atoms with Gasteiger partial charge in [-0.3, -0.25) is 4.90 Å². The Kier molecular flexibility index (Phi) is 2.36. The lowest BCUT2D eigenvalue weighted by molar-refractivity contribution is -0.0146. The van der Waals surface area contributed by atoms with Crippen LogP contribution in [0, 0.1) is 5.92 Å². The fourth-order valence-corrected chi connectivity index (χ4v) is 3.77. The van der Waals surface area contributed by atoms with E-state index in [1.54, 1.807) is 0 Å². The van der Waals surface area contributed by atoms with Crippen molar-refractivity contribution in [1.29, 1.82) is 0 Å². The van der Waals surface area contributed by atoms with E-state index in [9.17, 15) is 0 Å². The van der Waals surface area contributed by atoms with Crippen molar-refractivity contribution in [3.05, 3.63) is 0 Å². The molecule has 0 aromatic carbocycles. The maximum atomic E-state index is 5.59. The summed E-state index contributed by atoms with van der Waals surface area (Å²) in [5.74, 6) is 2.05. The van der Waals surface area contributed by atoms with Crippen LogP contribution in [0.25, 0.3) is 0 Å². The van der Waals surface area contributed by atoms with E-state index in [1.807, 2.05) is 0 Å². The van der Waals surface area contributed by atoms with Crippen LogP contribution in [0.2, 0.25) is 0 Å². The van der Waals surface area contributed by atoms with Gasteiger partial charge in [-0.2, -0.15) is 0 Å². The SMILES string of the molecule is CC1CCOCC12SCCN2C. The summed E-state index contributed by atoms with van der Waals surface area (Å²) >= 11 is 2.08. The second-order valence-electron chi connectivity index (χ2n) is 3.86. The van der Waals surface area contributed by atoms with Crippen LogP contribution in [-0.4, -0.2) is 42.3 Å². The van der Waals surface area contributed by atoms with Crippen molar-refractivity contribution in [2.45, 2.75) is 18.2 Å². The van der Waals surface area contributed by atoms with Gasteiger partial charge >= 0.3 is 0 Å². The number of thioether (sulfide) groups is 1. The zero-order valence-electron chi connectivity index (χ0n) is 7.88. The number of nitrogens with zero attached hydrogens (tertiary/aromatic N) is 1. The Labute approximate surface area is 78.6 Å². The summed E-state index contributed by atoms with van der Waals surface area (Å²) in [4.78, 5) is 2.79. The third kappa shape index (κ3) is 1.19. The van der Waals surface area contributed by atoms with Crippen LogP contribution in [0.3, 0.4) is 0 Å². The Morgan fingerprint density at radius 2 is 2.42 bits per heavy atom. The van der Waals surface area contributed by atoms with E-state index in [4.69, 9.17) is 4.74 Å². The van der Waals surface area contributed by atoms with Gasteiger partial charge in [0.2, 0.25) is 0 Å². The van der Waals surface area contributed by atoms with Crippen LogP contribution in [0.4, 0.5) is 0 Å². The van der Waals surface area contributed by atoms with Crippen molar-refractivity contribution in [2.75, 3.05) is 32.6 Å². The summed E-state index contributed by atoms with van der Waals surface area (Å²) in [6, 6.07) is 0. The molecule has 2 rings (SSSR count). The molecule has 0 N–H and O–H groups in total. The molecule has 1 spiro atoms. The van der Waals surface area contributed by atoms with E-state index < -0.39 is 0 Å². The van der Waals surface area contributed by atoms with Crippen LogP contribution < -0.4 is 0 Å². The molecule has 3 heteroatoms. The number of rotatable bonds is 0. The molecule has 0 bridgehead atoms. The third-order valence-electron chi connectivity index (χ3n) is 3.20. The molecule has 0 aliphatic carbocycles. The van der Waals surface area contributed by atoms with Crippen molar-refractivity contribution in [3.63, 3.8) is 0 Å². The van der Waals surface area contributed by atoms with Gasteiger partial charge in [-0.05, 0) is 19.4 Å². The Hall–Kier alpha value is 0.270. The van der Waals surface area contributed by atoms with Crippen LogP contribution in [-0.2, 0) is 4.74 Å². The third-order valence-corrected chi connectivity index (χ3v) is 4.92. The molecule has 0 aromatic heterocycles. The molecule has 0 saturated carbocycles. The van der Waals surface area contributed by atoms with Gasteiger partial charge in [0.15, 0.2) is 0 Å². The number of likely N-dealkylation sites (N-methyl/N-ethyl adjacent to an activating group) is 1. The highest BCUT2D eigenvalue weighted by Crippen LogP contribution is 2.44. The Balaban J connectivity index is 2.15. The van der Waals surface area contributed by atoms with Gasteiger partial charge in [-0.25, -0.2) is 0 Å². The summed E-state index contributed by atoms with van der Waals surface area (Å²) < 4.78 is 5.59. The molecule has 70 valence electrons. The first-order valence-electron chi connectivity index (χ1n) is 4.69. The van der Waals surface area contributed by atoms with Crippen molar-refractivity contribution < 1.29 is 4.74 Å². The van der Waals surface area contributed by atoms with Crippen LogP contribution in [0.5, 0.6) is 0 Å². The van der Waals surface area contributed by atoms with Crippen molar-refractivity contribution in [3.8, 4) is 0 Å². The standard InChI is InChI=1S/C9H17NOS/c1-8-3-5-11-7-9(8)10(2)4-6-12-9/h8H,3-7H2,1-2H3. The number of hydrogen-bond donors (Lipinski definition) is 0. The molecular weight excluding hydrogens is 170 g/mol. The van der Waals surface area contributed by atoms with E-state index >= 15 is 0 Å². The van der Waals surface area contributed by atoms with Gasteiger partial charge in [-0.15, -0.1) is 11.8 Å². The average molecular weight is 187 g/mol. The molecule has 0 aromatic rings. The molecule has 0 radical (unpaired) electrons. The maximum Gasteiger partial charge on any atom is 0.0931 e. The topological polar surface area (TPSA) is 12.5 Å². The summed E-state index contributed by atoms with van der Waals surface area (Å²) in [5.41, 5.74) is 0. The molecule has 2 aliphatic heterocycles. The monoisotopic (exact) mass is 187 g/mol. The molecule has 2 aliphatic rings. The van der Waals surface area contributed by atoms with Gasteiger partial charge in [0, 0.05) is 18.9 Å². The summed E-state index contributed by atoms with van der Waals surface area (Å²) in [6.45, 7) is 5.46. The zero-order chi connectivity index (χ0) is 8.60. The predicted molar refractivity (Wildman–Crippen MR) is 52.4 cm³/mol. The van der Waals surface area contributed by atoms with E-state index in [-0.39, 0.29) is 0 Å². The molecule has 2 saturated heterocycles. The largest absolute Gasteiger partial charge is 0.379 e. The Morgan fingerprint density at radius 1 is 1.58 bits per heavy atom. The van der Waals surface area contributed by atoms with E-state index in [1.165, 1.54) is 18.7 Å². The van der Waals surface area contributed by atoms with Gasteiger partial charge in [0.05, 0.1) is 11.5 Å². The summed E-state index contributed by atoms with van der Waals surface area (Å²) in [5, 5.41) is 0. The highest BCUT2D eigenvalue weighted by Gasteiger charge is 2.46. The maximum absolute atomic E-state index is 5.59. The minimum absolute atomic E-state index is 0.318. The van der Waals surface area contributed by atoms with E-state index in [2.05, 4.69) is 30.6 Å². The second-order valence-corrected chi connectivity index (χ2v) is 5.26. The van der Waals surface area contributed by atoms with Gasteiger partial charge in [-0.1, -0.05) is 6.92 Å². The predicted octanol–water partition coefficient (Wildman–Crippen LogP) is 1.42. The molecule has 2 fully saturated rings. The van der Waals surface area contributed by atoms with Crippen LogP contribution in [0.1, 0.15) is 13.3 Å². The molecule has 2 atom stereocenters. The minimum Gasteiger partial charge on any atom is -0.379 e. The number of ether oxygens (including phenoxy) is 1. The molecule has 0 amide bonds. The quantitative estimate of drug-likeness (QED) is 0.569.